The third kappa shape index (κ3) is 3.54. The summed E-state index contributed by atoms with van der Waals surface area (Å²) in [6.45, 7) is 2.43. The van der Waals surface area contributed by atoms with Crippen molar-refractivity contribution in [2.24, 2.45) is 0 Å². The average Bonchev–Trinajstić information content (AvgIpc) is 3.05. The summed E-state index contributed by atoms with van der Waals surface area (Å²) in [4.78, 5) is 0.319. The van der Waals surface area contributed by atoms with Crippen LogP contribution in [0.15, 0.2) is 65.6 Å². The Morgan fingerprint density at radius 1 is 1.13 bits per heavy atom. The van der Waals surface area contributed by atoms with E-state index in [-0.39, 0.29) is 6.04 Å². The monoisotopic (exact) mass is 328 g/mol. The molecule has 0 amide bonds. The van der Waals surface area contributed by atoms with Crippen molar-refractivity contribution in [1.82, 2.24) is 4.31 Å². The third-order valence-electron chi connectivity index (χ3n) is 4.09. The minimum absolute atomic E-state index is 0.260. The van der Waals surface area contributed by atoms with Crippen molar-refractivity contribution in [2.45, 2.75) is 30.7 Å². The molecule has 1 aliphatic heterocycles. The lowest BCUT2D eigenvalue weighted by molar-refractivity contribution is 0.433. The summed E-state index contributed by atoms with van der Waals surface area (Å²) < 4.78 is 35.6. The van der Waals surface area contributed by atoms with E-state index in [1.54, 1.807) is 18.2 Å². The van der Waals surface area contributed by atoms with Crippen LogP contribution in [0.5, 0.6) is 0 Å². The highest BCUT2D eigenvalue weighted by atomic mass is 32.2. The van der Waals surface area contributed by atoms with Crippen molar-refractivity contribution in [3.05, 3.63) is 71.8 Å². The normalized spacial score (nSPS) is 20.5. The Morgan fingerprint density at radius 3 is 2.52 bits per heavy atom. The fourth-order valence-electron chi connectivity index (χ4n) is 2.80. The minimum Gasteiger partial charge on any atom is -0.207 e. The van der Waals surface area contributed by atoms with Crippen LogP contribution < -0.4 is 0 Å². The number of hydrogen-bond donors (Lipinski definition) is 0. The lowest BCUT2D eigenvalue weighted by atomic mass is 10.1. The summed E-state index contributed by atoms with van der Waals surface area (Å²) in [6.07, 6.45) is 3.32. The van der Waals surface area contributed by atoms with E-state index in [0.29, 0.717) is 17.5 Å². The van der Waals surface area contributed by atoms with Crippen LogP contribution >= 0.6 is 0 Å². The fourth-order valence-corrected chi connectivity index (χ4v) is 4.45. The van der Waals surface area contributed by atoms with E-state index < -0.39 is 10.0 Å². The molecule has 0 radical (unpaired) electrons. The second-order valence-corrected chi connectivity index (χ2v) is 7.71. The first-order valence-corrected chi connectivity index (χ1v) is 9.25. The van der Waals surface area contributed by atoms with Crippen molar-refractivity contribution < 1.29 is 9.79 Å². The Balaban J connectivity index is 1.89. The lowest BCUT2D eigenvalue weighted by Crippen LogP contribution is -2.34. The summed E-state index contributed by atoms with van der Waals surface area (Å²) in [5.41, 5.74) is 1.83. The number of rotatable bonds is 4. The zero-order chi connectivity index (χ0) is 17.2. The van der Waals surface area contributed by atoms with Gasteiger partial charge in [-0.1, -0.05) is 60.2 Å². The van der Waals surface area contributed by atoms with Crippen molar-refractivity contribution in [3.63, 3.8) is 0 Å². The predicted molar refractivity (Wildman–Crippen MR) is 93.6 cm³/mol. The number of sulfonamides is 1. The van der Waals surface area contributed by atoms with Gasteiger partial charge in [-0.3, -0.25) is 0 Å². The van der Waals surface area contributed by atoms with Crippen LogP contribution in [0.25, 0.3) is 6.05 Å². The SMILES string of the molecule is [2H]/C(=C\[C@H]1CCCN1S(=O)(=O)c1ccc(C)cc1)c1ccccc1. The second kappa shape index (κ2) is 6.69. The Hall–Kier alpha value is -1.91. The van der Waals surface area contributed by atoms with E-state index in [9.17, 15) is 8.42 Å². The molecule has 0 spiro atoms. The molecule has 1 aliphatic rings. The molecule has 23 heavy (non-hydrogen) atoms. The highest BCUT2D eigenvalue weighted by Crippen LogP contribution is 2.27. The van der Waals surface area contributed by atoms with Gasteiger partial charge in [-0.25, -0.2) is 8.42 Å². The van der Waals surface area contributed by atoms with Gasteiger partial charge in [0.2, 0.25) is 10.0 Å². The summed E-state index contributed by atoms with van der Waals surface area (Å²) in [6, 6.07) is 16.4. The van der Waals surface area contributed by atoms with Gasteiger partial charge in [0.1, 0.15) is 0 Å². The fraction of sp³-hybridized carbons (Fsp3) is 0.263. The lowest BCUT2D eigenvalue weighted by Gasteiger charge is -2.21. The molecule has 1 saturated heterocycles. The summed E-state index contributed by atoms with van der Waals surface area (Å²) >= 11 is 0. The van der Waals surface area contributed by atoms with Crippen LogP contribution in [0.4, 0.5) is 0 Å². The molecule has 1 atom stereocenters. The van der Waals surface area contributed by atoms with Crippen LogP contribution in [-0.2, 0) is 10.0 Å². The van der Waals surface area contributed by atoms with Crippen molar-refractivity contribution in [1.29, 1.82) is 0 Å². The third-order valence-corrected chi connectivity index (χ3v) is 6.03. The molecule has 1 heterocycles. The molecule has 0 N–H and O–H groups in total. The van der Waals surface area contributed by atoms with Gasteiger partial charge in [0.25, 0.3) is 0 Å². The van der Waals surface area contributed by atoms with Crippen LogP contribution in [0.2, 0.25) is 0 Å². The van der Waals surface area contributed by atoms with Crippen molar-refractivity contribution in [2.75, 3.05) is 6.54 Å². The number of aryl methyl sites for hydroxylation is 1. The summed E-state index contributed by atoms with van der Waals surface area (Å²) in [7, 11) is -3.53. The van der Waals surface area contributed by atoms with Crippen molar-refractivity contribution in [3.8, 4) is 0 Å². The van der Waals surface area contributed by atoms with Crippen LogP contribution in [-0.4, -0.2) is 25.3 Å². The Morgan fingerprint density at radius 2 is 1.83 bits per heavy atom. The highest BCUT2D eigenvalue weighted by molar-refractivity contribution is 7.89. The van der Waals surface area contributed by atoms with Crippen LogP contribution in [0.3, 0.4) is 0 Å². The molecule has 2 aromatic rings. The van der Waals surface area contributed by atoms with Gasteiger partial charge < -0.3 is 0 Å². The smallest absolute Gasteiger partial charge is 0.207 e. The zero-order valence-electron chi connectivity index (χ0n) is 14.1. The highest BCUT2D eigenvalue weighted by Gasteiger charge is 2.33. The Kier molecular flexibility index (Phi) is 4.26. The molecular formula is C19H21NO2S. The molecule has 0 unspecified atom stereocenters. The first-order chi connectivity index (χ1) is 11.5. The number of hydrogen-bond acceptors (Lipinski definition) is 2. The maximum Gasteiger partial charge on any atom is 0.243 e. The maximum absolute atomic E-state index is 12.9. The van der Waals surface area contributed by atoms with E-state index in [4.69, 9.17) is 1.37 Å². The van der Waals surface area contributed by atoms with Gasteiger partial charge in [0, 0.05) is 12.6 Å². The van der Waals surface area contributed by atoms with Gasteiger partial charge >= 0.3 is 0 Å². The number of benzene rings is 2. The molecule has 3 nitrogen and oxygen atoms in total. The molecule has 0 aromatic heterocycles. The molecule has 0 aliphatic carbocycles. The quantitative estimate of drug-likeness (QED) is 0.854. The van der Waals surface area contributed by atoms with Gasteiger partial charge in [-0.05, 0) is 37.5 Å². The van der Waals surface area contributed by atoms with E-state index in [1.165, 1.54) is 4.31 Å². The predicted octanol–water partition coefficient (Wildman–Crippen LogP) is 3.86. The van der Waals surface area contributed by atoms with E-state index in [0.717, 1.165) is 24.0 Å². The first kappa shape index (κ1) is 14.7. The summed E-state index contributed by atoms with van der Waals surface area (Å²) in [5.74, 6) is 0. The standard InChI is InChI=1S/C19H21NO2S/c1-16-9-13-19(14-10-16)23(21,22)20-15-5-8-18(20)12-11-17-6-3-2-4-7-17/h2-4,6-7,9-14,18H,5,8,15H2,1H3/b12-11+/t18-/m1/s1/i11D. The Labute approximate surface area is 139 Å². The van der Waals surface area contributed by atoms with Gasteiger partial charge in [-0.2, -0.15) is 4.31 Å². The topological polar surface area (TPSA) is 37.4 Å². The molecule has 1 fully saturated rings. The van der Waals surface area contributed by atoms with E-state index in [1.807, 2.05) is 49.4 Å². The van der Waals surface area contributed by atoms with Gasteiger partial charge in [0.05, 0.1) is 6.27 Å². The van der Waals surface area contributed by atoms with Gasteiger partial charge in [-0.15, -0.1) is 0 Å². The number of nitrogens with zero attached hydrogens (tertiary/aromatic N) is 1. The zero-order valence-corrected chi connectivity index (χ0v) is 14.0. The van der Waals surface area contributed by atoms with E-state index in [2.05, 4.69) is 0 Å². The Bertz CT molecular complexity index is 829. The minimum atomic E-state index is -3.53. The average molecular weight is 328 g/mol. The van der Waals surface area contributed by atoms with E-state index >= 15 is 0 Å². The summed E-state index contributed by atoms with van der Waals surface area (Å²) in [5, 5.41) is 0. The molecule has 2 aromatic carbocycles. The van der Waals surface area contributed by atoms with Crippen molar-refractivity contribution >= 4 is 16.1 Å². The van der Waals surface area contributed by atoms with Crippen LogP contribution in [0.1, 0.15) is 25.3 Å². The van der Waals surface area contributed by atoms with Crippen LogP contribution in [0, 0.1) is 6.92 Å². The molecule has 3 rings (SSSR count). The molecule has 0 saturated carbocycles. The second-order valence-electron chi connectivity index (χ2n) is 5.82. The maximum atomic E-state index is 12.9. The molecule has 4 heteroatoms. The molecular weight excluding hydrogens is 306 g/mol. The largest absolute Gasteiger partial charge is 0.243 e. The van der Waals surface area contributed by atoms with Gasteiger partial charge in [0.15, 0.2) is 0 Å². The molecule has 0 bridgehead atoms. The first-order valence-electron chi connectivity index (χ1n) is 8.31. The molecule has 120 valence electrons.